The van der Waals surface area contributed by atoms with Gasteiger partial charge >= 0.3 is 6.18 Å². The molecule has 40 heavy (non-hydrogen) atoms. The van der Waals surface area contributed by atoms with Crippen LogP contribution in [-0.4, -0.2) is 71.4 Å². The Labute approximate surface area is 241 Å². The molecule has 216 valence electrons. The molecule has 0 spiro atoms. The van der Waals surface area contributed by atoms with E-state index in [0.29, 0.717) is 55.6 Å². The van der Waals surface area contributed by atoms with Crippen molar-refractivity contribution in [2.45, 2.75) is 44.7 Å². The molecule has 5 rings (SSSR count). The van der Waals surface area contributed by atoms with E-state index in [1.165, 1.54) is 0 Å². The van der Waals surface area contributed by atoms with E-state index in [1.807, 2.05) is 28.9 Å². The van der Waals surface area contributed by atoms with Gasteiger partial charge in [0, 0.05) is 75.3 Å². The maximum Gasteiger partial charge on any atom is 0.419 e. The molecule has 2 atom stereocenters. The van der Waals surface area contributed by atoms with Crippen LogP contribution < -0.4 is 4.90 Å². The van der Waals surface area contributed by atoms with Gasteiger partial charge in [-0.05, 0) is 43.4 Å². The Morgan fingerprint density at radius 1 is 1.05 bits per heavy atom. The fraction of sp³-hybridized carbons (Fsp3) is 0.571. The van der Waals surface area contributed by atoms with Crippen LogP contribution in [0.15, 0.2) is 30.6 Å². The van der Waals surface area contributed by atoms with Gasteiger partial charge in [0.05, 0.1) is 15.6 Å². The van der Waals surface area contributed by atoms with Crippen molar-refractivity contribution >= 4 is 41.0 Å². The van der Waals surface area contributed by atoms with E-state index in [0.717, 1.165) is 30.8 Å². The van der Waals surface area contributed by atoms with Crippen LogP contribution in [0.5, 0.6) is 0 Å². The van der Waals surface area contributed by atoms with Gasteiger partial charge in [0.2, 0.25) is 17.8 Å². The fourth-order valence-electron chi connectivity index (χ4n) is 5.83. The number of carbonyl (C=O) groups is 2. The van der Waals surface area contributed by atoms with Crippen molar-refractivity contribution in [2.24, 2.45) is 17.3 Å². The highest BCUT2D eigenvalue weighted by Gasteiger charge is 2.48. The van der Waals surface area contributed by atoms with Crippen LogP contribution in [0.25, 0.3) is 0 Å². The molecule has 1 aromatic carbocycles. The molecular weight excluding hydrogens is 566 g/mol. The van der Waals surface area contributed by atoms with Crippen molar-refractivity contribution in [3.8, 4) is 0 Å². The summed E-state index contributed by atoms with van der Waals surface area (Å²) < 4.78 is 38.9. The van der Waals surface area contributed by atoms with Gasteiger partial charge < -0.3 is 14.7 Å². The first-order valence-corrected chi connectivity index (χ1v) is 14.2. The average molecular weight is 598 g/mol. The van der Waals surface area contributed by atoms with Crippen molar-refractivity contribution in [3.05, 3.63) is 51.8 Å². The zero-order valence-corrected chi connectivity index (χ0v) is 23.9. The molecule has 1 saturated carbocycles. The van der Waals surface area contributed by atoms with Gasteiger partial charge in [0.15, 0.2) is 0 Å². The topological polar surface area (TPSA) is 69.6 Å². The molecule has 3 fully saturated rings. The Hall–Kier alpha value is -2.59. The fourth-order valence-corrected chi connectivity index (χ4v) is 6.13. The molecule has 12 heteroatoms. The predicted octanol–water partition coefficient (Wildman–Crippen LogP) is 5.52. The lowest BCUT2D eigenvalue weighted by atomic mass is 9.88. The number of hydrogen-bond donors (Lipinski definition) is 0. The van der Waals surface area contributed by atoms with E-state index in [-0.39, 0.29) is 40.9 Å². The Bertz CT molecular complexity index is 1260. The molecule has 0 unspecified atom stereocenters. The summed E-state index contributed by atoms with van der Waals surface area (Å²) in [7, 11) is 1.73. The number of benzene rings is 1. The number of anilines is 1. The van der Waals surface area contributed by atoms with E-state index < -0.39 is 11.7 Å². The van der Waals surface area contributed by atoms with Gasteiger partial charge in [0.1, 0.15) is 0 Å². The first-order chi connectivity index (χ1) is 18.9. The number of rotatable bonds is 6. The molecule has 3 heterocycles. The average Bonchev–Trinajstić information content (AvgIpc) is 3.55. The van der Waals surface area contributed by atoms with Gasteiger partial charge in [-0.15, -0.1) is 0 Å². The third kappa shape index (κ3) is 6.03. The van der Waals surface area contributed by atoms with Crippen LogP contribution in [-0.2, 0) is 15.8 Å². The summed E-state index contributed by atoms with van der Waals surface area (Å²) in [5.41, 5.74) is -0.181. The van der Waals surface area contributed by atoms with E-state index in [9.17, 15) is 22.8 Å². The van der Waals surface area contributed by atoms with E-state index in [1.54, 1.807) is 18.0 Å². The summed E-state index contributed by atoms with van der Waals surface area (Å²) in [5.74, 6) is 0.187. The second-order valence-corrected chi connectivity index (χ2v) is 12.4. The van der Waals surface area contributed by atoms with Gasteiger partial charge in [-0.3, -0.25) is 9.59 Å². The van der Waals surface area contributed by atoms with Crippen LogP contribution in [0.3, 0.4) is 0 Å². The third-order valence-corrected chi connectivity index (χ3v) is 9.33. The zero-order chi connectivity index (χ0) is 28.8. The highest BCUT2D eigenvalue weighted by atomic mass is 35.5. The highest BCUT2D eigenvalue weighted by molar-refractivity contribution is 6.42. The molecule has 2 aromatic rings. The number of likely N-dealkylation sites (tertiary alicyclic amines) is 2. The molecule has 2 amide bonds. The van der Waals surface area contributed by atoms with Gasteiger partial charge in [-0.2, -0.15) is 13.2 Å². The standard InChI is InChI=1S/C28H32Cl2F3N5O2/c1-27(7-8-27)25(40)37-9-5-17(6-10-37)24(39)38-15-19(21(16-38)18-3-4-22(29)23(30)11-18)14-36(2)26-34-12-20(13-35-26)28(31,32)33/h3-4,11-13,17,19,21H,5-10,14-16H2,1-2H3/t19-,21+/m1/s1. The maximum atomic E-state index is 13.6. The van der Waals surface area contributed by atoms with E-state index >= 15 is 0 Å². The van der Waals surface area contributed by atoms with E-state index in [4.69, 9.17) is 23.2 Å². The van der Waals surface area contributed by atoms with Crippen LogP contribution >= 0.6 is 23.2 Å². The summed E-state index contributed by atoms with van der Waals surface area (Å²) in [6.45, 7) is 4.57. The van der Waals surface area contributed by atoms with E-state index in [2.05, 4.69) is 9.97 Å². The van der Waals surface area contributed by atoms with Crippen molar-refractivity contribution in [1.29, 1.82) is 0 Å². The smallest absolute Gasteiger partial charge is 0.344 e. The first kappa shape index (κ1) is 28.9. The number of hydrogen-bond acceptors (Lipinski definition) is 5. The molecule has 0 radical (unpaired) electrons. The third-order valence-electron chi connectivity index (χ3n) is 8.59. The predicted molar refractivity (Wildman–Crippen MR) is 146 cm³/mol. The second kappa shape index (κ2) is 11.0. The van der Waals surface area contributed by atoms with Crippen LogP contribution in [0.2, 0.25) is 10.0 Å². The van der Waals surface area contributed by atoms with Crippen molar-refractivity contribution in [1.82, 2.24) is 19.8 Å². The summed E-state index contributed by atoms with van der Waals surface area (Å²) in [4.78, 5) is 39.7. The lowest BCUT2D eigenvalue weighted by molar-refractivity contribution is -0.142. The first-order valence-electron chi connectivity index (χ1n) is 13.5. The van der Waals surface area contributed by atoms with Crippen LogP contribution in [0.4, 0.5) is 19.1 Å². The summed E-state index contributed by atoms with van der Waals surface area (Å²) >= 11 is 12.5. The second-order valence-electron chi connectivity index (χ2n) is 11.6. The lowest BCUT2D eigenvalue weighted by Crippen LogP contribution is -2.46. The summed E-state index contributed by atoms with van der Waals surface area (Å²) in [5, 5.41) is 0.855. The number of aromatic nitrogens is 2. The monoisotopic (exact) mass is 597 g/mol. The molecule has 3 aliphatic rings. The van der Waals surface area contributed by atoms with Gasteiger partial charge in [-0.25, -0.2) is 9.97 Å². The number of piperidine rings is 1. The van der Waals surface area contributed by atoms with Gasteiger partial charge in [0.25, 0.3) is 0 Å². The van der Waals surface area contributed by atoms with Crippen molar-refractivity contribution in [3.63, 3.8) is 0 Å². The Morgan fingerprint density at radius 3 is 2.27 bits per heavy atom. The number of carbonyl (C=O) groups excluding carboxylic acids is 2. The molecule has 2 aliphatic heterocycles. The minimum absolute atomic E-state index is 0.0476. The zero-order valence-electron chi connectivity index (χ0n) is 22.4. The molecule has 2 saturated heterocycles. The Balaban J connectivity index is 1.29. The number of halogens is 5. The lowest BCUT2D eigenvalue weighted by Gasteiger charge is -2.34. The Kier molecular flexibility index (Phi) is 7.96. The molecule has 0 N–H and O–H groups in total. The van der Waals surface area contributed by atoms with Crippen LogP contribution in [0.1, 0.15) is 49.7 Å². The minimum atomic E-state index is -4.51. The number of nitrogens with zero attached hydrogens (tertiary/aromatic N) is 5. The molecule has 0 bridgehead atoms. The highest BCUT2D eigenvalue weighted by Crippen LogP contribution is 2.47. The summed E-state index contributed by atoms with van der Waals surface area (Å²) in [6, 6.07) is 5.44. The molecule has 1 aromatic heterocycles. The Morgan fingerprint density at radius 2 is 1.70 bits per heavy atom. The van der Waals surface area contributed by atoms with Crippen molar-refractivity contribution in [2.75, 3.05) is 44.7 Å². The molecular formula is C28H32Cl2F3N5O2. The maximum absolute atomic E-state index is 13.6. The largest absolute Gasteiger partial charge is 0.419 e. The summed E-state index contributed by atoms with van der Waals surface area (Å²) in [6.07, 6.45) is 0.184. The normalized spacial score (nSPS) is 22.9. The molecule has 7 nitrogen and oxygen atoms in total. The number of alkyl halides is 3. The molecule has 1 aliphatic carbocycles. The SMILES string of the molecule is CN(C[C@@H]1CN(C(=O)C2CCN(C(=O)C3(C)CC3)CC2)C[C@H]1c1ccc(Cl)c(Cl)c1)c1ncc(C(F)(F)F)cn1. The van der Waals surface area contributed by atoms with Gasteiger partial charge in [-0.1, -0.05) is 36.2 Å². The number of amides is 2. The van der Waals surface area contributed by atoms with Crippen LogP contribution in [0, 0.1) is 17.3 Å². The van der Waals surface area contributed by atoms with Crippen molar-refractivity contribution < 1.29 is 22.8 Å². The minimum Gasteiger partial charge on any atom is -0.344 e. The quantitative estimate of drug-likeness (QED) is 0.438.